The summed E-state index contributed by atoms with van der Waals surface area (Å²) in [6.07, 6.45) is 4.74. The maximum absolute atomic E-state index is 12.7. The molecule has 0 spiro atoms. The van der Waals surface area contributed by atoms with Crippen LogP contribution in [0.25, 0.3) is 10.9 Å². The lowest BCUT2D eigenvalue weighted by Gasteiger charge is -2.15. The average molecular weight is 543 g/mol. The first kappa shape index (κ1) is 27.4. The van der Waals surface area contributed by atoms with Crippen molar-refractivity contribution >= 4 is 57.1 Å². The third-order valence-corrected chi connectivity index (χ3v) is 6.29. The number of pyridine rings is 1. The van der Waals surface area contributed by atoms with Crippen molar-refractivity contribution in [2.75, 3.05) is 10.6 Å². The van der Waals surface area contributed by atoms with Gasteiger partial charge in [0.25, 0.3) is 0 Å². The normalized spacial score (nSPS) is 11.4. The van der Waals surface area contributed by atoms with Gasteiger partial charge in [-0.25, -0.2) is 9.97 Å². The molecular formula is C29H27ClN6O3. The molecule has 0 aliphatic rings. The van der Waals surface area contributed by atoms with E-state index in [0.717, 1.165) is 11.8 Å². The van der Waals surface area contributed by atoms with Gasteiger partial charge in [-0.2, -0.15) is 0 Å². The van der Waals surface area contributed by atoms with E-state index in [4.69, 9.17) is 21.7 Å². The summed E-state index contributed by atoms with van der Waals surface area (Å²) in [7, 11) is 0. The maximum Gasteiger partial charge on any atom is 0.225 e. The summed E-state index contributed by atoms with van der Waals surface area (Å²) in [5, 5.41) is 15.2. The van der Waals surface area contributed by atoms with Crippen LogP contribution < -0.4 is 15.4 Å². The van der Waals surface area contributed by atoms with Crippen molar-refractivity contribution in [2.24, 2.45) is 5.92 Å². The molecule has 0 bridgehead atoms. The van der Waals surface area contributed by atoms with Crippen LogP contribution in [-0.4, -0.2) is 32.4 Å². The highest BCUT2D eigenvalue weighted by Gasteiger charge is 2.21. The topological polar surface area (TPSA) is 130 Å². The smallest absolute Gasteiger partial charge is 0.225 e. The number of benzene rings is 2. The molecule has 2 aromatic carbocycles. The highest BCUT2D eigenvalue weighted by Crippen LogP contribution is 2.31. The van der Waals surface area contributed by atoms with Crippen LogP contribution in [-0.2, 0) is 16.2 Å². The van der Waals surface area contributed by atoms with Gasteiger partial charge < -0.3 is 20.8 Å². The fourth-order valence-electron chi connectivity index (χ4n) is 3.90. The van der Waals surface area contributed by atoms with E-state index in [2.05, 4.69) is 32.2 Å². The second kappa shape index (κ2) is 12.7. The number of ketones is 1. The highest BCUT2D eigenvalue weighted by molar-refractivity contribution is 6.43. The van der Waals surface area contributed by atoms with Crippen LogP contribution in [0.2, 0.25) is 5.02 Å². The molecule has 2 heterocycles. The Labute approximate surface area is 230 Å². The summed E-state index contributed by atoms with van der Waals surface area (Å²) in [6.45, 7) is 5.54. The number of hydrogen-bond donors (Lipinski definition) is 3. The number of carbonyl (C=O) groups excluding carboxylic acids is 2. The molecular weight excluding hydrogens is 516 g/mol. The second-order valence-corrected chi connectivity index (χ2v) is 9.08. The molecule has 0 aliphatic carbocycles. The number of hydrogen-bond acceptors (Lipinski definition) is 8. The van der Waals surface area contributed by atoms with E-state index in [1.54, 1.807) is 36.5 Å². The summed E-state index contributed by atoms with van der Waals surface area (Å²) in [6, 6.07) is 16.2. The first-order valence-electron chi connectivity index (χ1n) is 12.3. The molecule has 0 saturated heterocycles. The van der Waals surface area contributed by atoms with Crippen LogP contribution in [0.3, 0.4) is 0 Å². The fourth-order valence-corrected chi connectivity index (χ4v) is 4.13. The minimum absolute atomic E-state index is 0.0105. The van der Waals surface area contributed by atoms with E-state index >= 15 is 0 Å². The highest BCUT2D eigenvalue weighted by atomic mass is 35.5. The van der Waals surface area contributed by atoms with Crippen molar-refractivity contribution < 1.29 is 14.3 Å². The van der Waals surface area contributed by atoms with Crippen LogP contribution in [0.4, 0.5) is 17.2 Å². The molecule has 0 fully saturated rings. The van der Waals surface area contributed by atoms with Gasteiger partial charge in [-0.1, -0.05) is 31.2 Å². The number of rotatable bonds is 12. The Hall–Kier alpha value is -4.63. The summed E-state index contributed by atoms with van der Waals surface area (Å²) in [5.74, 6) is -0.210. The van der Waals surface area contributed by atoms with Gasteiger partial charge in [-0.15, -0.1) is 0 Å². The molecule has 0 saturated carbocycles. The largest absolute Gasteiger partial charge is 0.486 e. The van der Waals surface area contributed by atoms with Crippen LogP contribution >= 0.6 is 11.6 Å². The number of allylic oxidation sites excluding steroid dienone is 1. The van der Waals surface area contributed by atoms with Crippen LogP contribution in [0, 0.1) is 11.3 Å². The Bertz CT molecular complexity index is 1530. The van der Waals surface area contributed by atoms with Gasteiger partial charge in [-0.3, -0.25) is 14.6 Å². The van der Waals surface area contributed by atoms with Gasteiger partial charge >= 0.3 is 0 Å². The van der Waals surface area contributed by atoms with E-state index in [9.17, 15) is 9.59 Å². The minimum Gasteiger partial charge on any atom is -0.486 e. The Kier molecular flexibility index (Phi) is 8.96. The molecule has 4 aromatic rings. The molecule has 39 heavy (non-hydrogen) atoms. The molecule has 1 unspecified atom stereocenters. The number of nitrogens with one attached hydrogen (secondary N) is 3. The molecule has 3 N–H and O–H groups in total. The van der Waals surface area contributed by atoms with Crippen molar-refractivity contribution in [1.82, 2.24) is 15.0 Å². The van der Waals surface area contributed by atoms with E-state index in [-0.39, 0.29) is 18.0 Å². The Morgan fingerprint density at radius 2 is 1.92 bits per heavy atom. The number of amides is 1. The fraction of sp³-hybridized carbons (Fsp3) is 0.172. The molecule has 1 atom stereocenters. The van der Waals surface area contributed by atoms with Gasteiger partial charge in [0, 0.05) is 35.3 Å². The number of halogens is 1. The van der Waals surface area contributed by atoms with Crippen molar-refractivity contribution in [2.45, 2.75) is 26.4 Å². The number of carbonyl (C=O) groups is 2. The molecule has 0 aliphatic heterocycles. The summed E-state index contributed by atoms with van der Waals surface area (Å²) < 4.78 is 5.80. The lowest BCUT2D eigenvalue weighted by molar-refractivity contribution is -0.116. The van der Waals surface area contributed by atoms with Gasteiger partial charge in [0.15, 0.2) is 5.78 Å². The quantitative estimate of drug-likeness (QED) is 0.145. The van der Waals surface area contributed by atoms with Gasteiger partial charge in [-0.05, 0) is 61.0 Å². The zero-order valence-electron chi connectivity index (χ0n) is 21.3. The summed E-state index contributed by atoms with van der Waals surface area (Å²) in [5.41, 5.74) is 2.58. The van der Waals surface area contributed by atoms with E-state index in [1.807, 2.05) is 31.2 Å². The monoisotopic (exact) mass is 542 g/mol. The minimum atomic E-state index is -0.489. The summed E-state index contributed by atoms with van der Waals surface area (Å²) in [4.78, 5) is 37.4. The number of aromatic nitrogens is 3. The molecule has 10 heteroatoms. The molecule has 198 valence electrons. The van der Waals surface area contributed by atoms with E-state index in [1.165, 1.54) is 6.33 Å². The molecule has 4 rings (SSSR count). The summed E-state index contributed by atoms with van der Waals surface area (Å²) >= 11 is 6.46. The standard InChI is InChI=1S/C29H27ClN6O3/c1-3-18(28(31)25(37)4-2)13-27(38)35-19-8-10-24-22(14-19)29(34-17-33-24)36-20-9-11-26(23(30)15-20)39-16-21-7-5-6-12-32-21/h4-12,14-15,17-18,31H,2-3,13,16H2,1H3,(H,35,38)(H,33,34,36). The zero-order valence-corrected chi connectivity index (χ0v) is 22.0. The number of fused-ring (bicyclic) bond motifs is 1. The number of ether oxygens (including phenoxy) is 1. The van der Waals surface area contributed by atoms with Crippen molar-refractivity contribution in [3.05, 3.63) is 90.5 Å². The van der Waals surface area contributed by atoms with Gasteiger partial charge in [0.1, 0.15) is 24.5 Å². The molecule has 2 aromatic heterocycles. The predicted molar refractivity (Wildman–Crippen MR) is 153 cm³/mol. The number of anilines is 3. The Morgan fingerprint density at radius 3 is 2.64 bits per heavy atom. The van der Waals surface area contributed by atoms with Crippen LogP contribution in [0.15, 0.2) is 79.8 Å². The molecule has 9 nitrogen and oxygen atoms in total. The van der Waals surface area contributed by atoms with Gasteiger partial charge in [0.2, 0.25) is 5.91 Å². The second-order valence-electron chi connectivity index (χ2n) is 8.67. The van der Waals surface area contributed by atoms with Gasteiger partial charge in [0.05, 0.1) is 21.9 Å². The van der Waals surface area contributed by atoms with E-state index in [0.29, 0.717) is 51.9 Å². The Balaban J connectivity index is 1.47. The Morgan fingerprint density at radius 1 is 1.10 bits per heavy atom. The first-order chi connectivity index (χ1) is 18.9. The average Bonchev–Trinajstić information content (AvgIpc) is 2.95. The zero-order chi connectivity index (χ0) is 27.8. The van der Waals surface area contributed by atoms with Crippen molar-refractivity contribution in [3.8, 4) is 5.75 Å². The molecule has 1 amide bonds. The molecule has 0 radical (unpaired) electrons. The predicted octanol–water partition coefficient (Wildman–Crippen LogP) is 6.13. The van der Waals surface area contributed by atoms with Crippen LogP contribution in [0.5, 0.6) is 5.75 Å². The SMILES string of the molecule is C=CC(=O)C(=N)C(CC)CC(=O)Nc1ccc2ncnc(Nc3ccc(OCc4ccccn4)c(Cl)c3)c2c1. The maximum atomic E-state index is 12.7. The van der Waals surface area contributed by atoms with E-state index < -0.39 is 11.7 Å². The first-order valence-corrected chi connectivity index (χ1v) is 12.6. The third-order valence-electron chi connectivity index (χ3n) is 6.00. The van der Waals surface area contributed by atoms with Crippen molar-refractivity contribution in [3.63, 3.8) is 0 Å². The lowest BCUT2D eigenvalue weighted by Crippen LogP contribution is -2.26. The van der Waals surface area contributed by atoms with Crippen molar-refractivity contribution in [1.29, 1.82) is 5.41 Å². The number of nitrogens with zero attached hydrogens (tertiary/aromatic N) is 3. The third kappa shape index (κ3) is 7.03. The van der Waals surface area contributed by atoms with Crippen LogP contribution in [0.1, 0.15) is 25.5 Å². The lowest BCUT2D eigenvalue weighted by atomic mass is 9.93.